The van der Waals surface area contributed by atoms with Crippen molar-refractivity contribution in [2.75, 3.05) is 18.4 Å². The number of nitrogens with zero attached hydrogens (tertiary/aromatic N) is 1. The predicted molar refractivity (Wildman–Crippen MR) is 77.3 cm³/mol. The molecule has 19 heavy (non-hydrogen) atoms. The zero-order valence-electron chi connectivity index (χ0n) is 11.6. The number of para-hydroxylation sites is 1. The van der Waals surface area contributed by atoms with E-state index in [0.717, 1.165) is 31.6 Å². The predicted octanol–water partition coefficient (Wildman–Crippen LogP) is 2.99. The van der Waals surface area contributed by atoms with Crippen LogP contribution in [0.25, 0.3) is 0 Å². The Balaban J connectivity index is 1.81. The molecule has 3 rings (SSSR count). The zero-order chi connectivity index (χ0) is 13.2. The number of rotatable bonds is 1. The molecule has 1 amide bonds. The molecule has 0 aliphatic carbocycles. The number of hydrogen-bond donors (Lipinski definition) is 1. The van der Waals surface area contributed by atoms with E-state index in [-0.39, 0.29) is 5.92 Å². The first-order chi connectivity index (χ1) is 9.27. The lowest BCUT2D eigenvalue weighted by Crippen LogP contribution is -2.41. The van der Waals surface area contributed by atoms with E-state index >= 15 is 0 Å². The summed E-state index contributed by atoms with van der Waals surface area (Å²) in [6.45, 7) is 3.87. The summed E-state index contributed by atoms with van der Waals surface area (Å²) in [6, 6.07) is 8.59. The molecule has 0 bridgehead atoms. The minimum Gasteiger partial charge on any atom is -0.384 e. The van der Waals surface area contributed by atoms with E-state index in [9.17, 15) is 4.79 Å². The SMILES string of the molecule is CC1CCCCCN1C(=O)C1CNc2ccccc21. The van der Waals surface area contributed by atoms with Gasteiger partial charge in [0.25, 0.3) is 0 Å². The lowest BCUT2D eigenvalue weighted by Gasteiger charge is -2.29. The maximum absolute atomic E-state index is 12.8. The van der Waals surface area contributed by atoms with Gasteiger partial charge in [0.15, 0.2) is 0 Å². The highest BCUT2D eigenvalue weighted by Gasteiger charge is 2.33. The minimum absolute atomic E-state index is 0.0109. The van der Waals surface area contributed by atoms with Gasteiger partial charge in [-0.25, -0.2) is 0 Å². The fourth-order valence-electron chi connectivity index (χ4n) is 3.31. The van der Waals surface area contributed by atoms with Crippen LogP contribution in [0.4, 0.5) is 5.69 Å². The Kier molecular flexibility index (Phi) is 3.45. The largest absolute Gasteiger partial charge is 0.384 e. The summed E-state index contributed by atoms with van der Waals surface area (Å²) in [5.41, 5.74) is 2.30. The molecular weight excluding hydrogens is 236 g/mol. The molecule has 1 saturated heterocycles. The summed E-state index contributed by atoms with van der Waals surface area (Å²) in [5.74, 6) is 0.323. The number of anilines is 1. The van der Waals surface area contributed by atoms with Crippen molar-refractivity contribution in [3.63, 3.8) is 0 Å². The monoisotopic (exact) mass is 258 g/mol. The van der Waals surface area contributed by atoms with E-state index in [1.54, 1.807) is 0 Å². The van der Waals surface area contributed by atoms with Crippen LogP contribution < -0.4 is 5.32 Å². The van der Waals surface area contributed by atoms with Gasteiger partial charge < -0.3 is 10.2 Å². The minimum atomic E-state index is 0.0109. The second-order valence-corrected chi connectivity index (χ2v) is 5.75. The molecule has 0 spiro atoms. The van der Waals surface area contributed by atoms with Crippen LogP contribution in [0.1, 0.15) is 44.1 Å². The van der Waals surface area contributed by atoms with Crippen molar-refractivity contribution >= 4 is 11.6 Å². The van der Waals surface area contributed by atoms with Gasteiger partial charge in [0.2, 0.25) is 5.91 Å². The molecule has 102 valence electrons. The van der Waals surface area contributed by atoms with Crippen LogP contribution in [0.2, 0.25) is 0 Å². The van der Waals surface area contributed by atoms with Crippen molar-refractivity contribution in [2.45, 2.75) is 44.6 Å². The second kappa shape index (κ2) is 5.24. The van der Waals surface area contributed by atoms with Crippen LogP contribution in [0, 0.1) is 0 Å². The fraction of sp³-hybridized carbons (Fsp3) is 0.562. The van der Waals surface area contributed by atoms with Crippen LogP contribution in [-0.4, -0.2) is 29.9 Å². The van der Waals surface area contributed by atoms with Gasteiger partial charge in [0.1, 0.15) is 0 Å². The average Bonchev–Trinajstić information content (AvgIpc) is 2.74. The van der Waals surface area contributed by atoms with E-state index in [0.29, 0.717) is 11.9 Å². The van der Waals surface area contributed by atoms with Gasteiger partial charge in [0.05, 0.1) is 5.92 Å². The molecule has 0 aromatic heterocycles. The van der Waals surface area contributed by atoms with Crippen molar-refractivity contribution in [3.8, 4) is 0 Å². The highest BCUT2D eigenvalue weighted by atomic mass is 16.2. The molecule has 2 unspecified atom stereocenters. The number of fused-ring (bicyclic) bond motifs is 1. The molecule has 2 aliphatic heterocycles. The smallest absolute Gasteiger partial charge is 0.232 e. The van der Waals surface area contributed by atoms with Crippen molar-refractivity contribution in [1.82, 2.24) is 4.90 Å². The van der Waals surface area contributed by atoms with Crippen LogP contribution in [0.5, 0.6) is 0 Å². The molecule has 1 fully saturated rings. The van der Waals surface area contributed by atoms with Crippen molar-refractivity contribution < 1.29 is 4.79 Å². The molecule has 1 aromatic carbocycles. The standard InChI is InChI=1S/C16H22N2O/c1-12-7-3-2-6-10-18(12)16(19)14-11-17-15-9-5-4-8-13(14)15/h4-5,8-9,12,14,17H,2-3,6-7,10-11H2,1H3. The quantitative estimate of drug-likeness (QED) is 0.840. The summed E-state index contributed by atoms with van der Waals surface area (Å²) in [7, 11) is 0. The van der Waals surface area contributed by atoms with E-state index in [2.05, 4.69) is 29.3 Å². The third kappa shape index (κ3) is 2.34. The van der Waals surface area contributed by atoms with Gasteiger partial charge >= 0.3 is 0 Å². The van der Waals surface area contributed by atoms with Gasteiger partial charge in [-0.1, -0.05) is 31.0 Å². The normalized spacial score (nSPS) is 26.5. The molecule has 3 nitrogen and oxygen atoms in total. The fourth-order valence-corrected chi connectivity index (χ4v) is 3.31. The summed E-state index contributed by atoms with van der Waals surface area (Å²) in [6.07, 6.45) is 4.81. The van der Waals surface area contributed by atoms with E-state index in [4.69, 9.17) is 0 Å². The molecule has 2 heterocycles. The molecule has 0 radical (unpaired) electrons. The molecule has 1 aromatic rings. The van der Waals surface area contributed by atoms with Crippen molar-refractivity contribution in [3.05, 3.63) is 29.8 Å². The van der Waals surface area contributed by atoms with E-state index < -0.39 is 0 Å². The summed E-state index contributed by atoms with van der Waals surface area (Å²) in [5, 5.41) is 3.35. The van der Waals surface area contributed by atoms with Crippen LogP contribution in [0.15, 0.2) is 24.3 Å². The first kappa shape index (κ1) is 12.5. The van der Waals surface area contributed by atoms with E-state index in [1.807, 2.05) is 12.1 Å². The maximum atomic E-state index is 12.8. The number of carbonyl (C=O) groups is 1. The molecule has 1 N–H and O–H groups in total. The topological polar surface area (TPSA) is 32.3 Å². The third-order valence-electron chi connectivity index (χ3n) is 4.47. The molecule has 3 heteroatoms. The Morgan fingerprint density at radius 3 is 3.00 bits per heavy atom. The number of likely N-dealkylation sites (tertiary alicyclic amines) is 1. The molecule has 0 saturated carbocycles. The lowest BCUT2D eigenvalue weighted by molar-refractivity contribution is -0.134. The number of amides is 1. The van der Waals surface area contributed by atoms with Gasteiger partial charge in [-0.2, -0.15) is 0 Å². The molecular formula is C16H22N2O. The summed E-state index contributed by atoms with van der Waals surface area (Å²) >= 11 is 0. The lowest BCUT2D eigenvalue weighted by atomic mass is 9.99. The van der Waals surface area contributed by atoms with Gasteiger partial charge in [-0.3, -0.25) is 4.79 Å². The van der Waals surface area contributed by atoms with Crippen LogP contribution in [-0.2, 0) is 4.79 Å². The summed E-state index contributed by atoms with van der Waals surface area (Å²) in [4.78, 5) is 14.9. The number of carbonyl (C=O) groups excluding carboxylic acids is 1. The Bertz CT molecular complexity index is 472. The number of benzene rings is 1. The van der Waals surface area contributed by atoms with Gasteiger partial charge in [0, 0.05) is 24.8 Å². The van der Waals surface area contributed by atoms with Crippen molar-refractivity contribution in [2.24, 2.45) is 0 Å². The average molecular weight is 258 g/mol. The zero-order valence-corrected chi connectivity index (χ0v) is 11.6. The Hall–Kier alpha value is -1.51. The second-order valence-electron chi connectivity index (χ2n) is 5.75. The Morgan fingerprint density at radius 1 is 1.26 bits per heavy atom. The number of hydrogen-bond acceptors (Lipinski definition) is 2. The highest BCUT2D eigenvalue weighted by Crippen LogP contribution is 2.33. The maximum Gasteiger partial charge on any atom is 0.232 e. The first-order valence-corrected chi connectivity index (χ1v) is 7.40. The van der Waals surface area contributed by atoms with Crippen molar-refractivity contribution in [1.29, 1.82) is 0 Å². The third-order valence-corrected chi connectivity index (χ3v) is 4.47. The van der Waals surface area contributed by atoms with Crippen LogP contribution in [0.3, 0.4) is 0 Å². The van der Waals surface area contributed by atoms with Gasteiger partial charge in [-0.05, 0) is 31.4 Å². The van der Waals surface area contributed by atoms with E-state index in [1.165, 1.54) is 18.4 Å². The highest BCUT2D eigenvalue weighted by molar-refractivity contribution is 5.88. The summed E-state index contributed by atoms with van der Waals surface area (Å²) < 4.78 is 0. The number of nitrogens with one attached hydrogen (secondary N) is 1. The Labute approximate surface area is 115 Å². The van der Waals surface area contributed by atoms with Gasteiger partial charge in [-0.15, -0.1) is 0 Å². The molecule has 2 aliphatic rings. The molecule has 2 atom stereocenters. The Morgan fingerprint density at radius 2 is 2.11 bits per heavy atom. The first-order valence-electron chi connectivity index (χ1n) is 7.40. The van der Waals surface area contributed by atoms with Crippen LogP contribution >= 0.6 is 0 Å².